The minimum Gasteiger partial charge on any atom is -0.383 e. The first-order valence-electron chi connectivity index (χ1n) is 8.40. The SMILES string of the molecule is COCCn1c(=O)n(CC(F)F)c(=O)c2c(C)c(CN3CCNC3=S)sc21. The summed E-state index contributed by atoms with van der Waals surface area (Å²) in [5.41, 5.74) is -0.717. The fourth-order valence-electron chi connectivity index (χ4n) is 3.11. The summed E-state index contributed by atoms with van der Waals surface area (Å²) in [4.78, 5) is 28.8. The number of methoxy groups -OCH3 is 1. The number of alkyl halides is 2. The number of aryl methyl sites for hydroxylation is 1. The molecule has 0 spiro atoms. The van der Waals surface area contributed by atoms with Crippen molar-refractivity contribution in [1.82, 2.24) is 19.4 Å². The average Bonchev–Trinajstić information content (AvgIpc) is 3.16. The average molecular weight is 418 g/mol. The van der Waals surface area contributed by atoms with Crippen molar-refractivity contribution in [2.24, 2.45) is 0 Å². The van der Waals surface area contributed by atoms with Gasteiger partial charge in [0.25, 0.3) is 12.0 Å². The molecule has 27 heavy (non-hydrogen) atoms. The number of rotatable bonds is 7. The van der Waals surface area contributed by atoms with E-state index >= 15 is 0 Å². The van der Waals surface area contributed by atoms with Crippen molar-refractivity contribution in [3.63, 3.8) is 0 Å². The molecule has 3 heterocycles. The Hall–Kier alpha value is -1.85. The molecule has 1 saturated heterocycles. The van der Waals surface area contributed by atoms with Gasteiger partial charge in [-0.1, -0.05) is 0 Å². The minimum atomic E-state index is -2.80. The number of nitrogens with zero attached hydrogens (tertiary/aromatic N) is 3. The van der Waals surface area contributed by atoms with Crippen LogP contribution in [0.25, 0.3) is 10.2 Å². The molecule has 0 saturated carbocycles. The second kappa shape index (κ2) is 8.03. The van der Waals surface area contributed by atoms with Crippen molar-refractivity contribution in [2.45, 2.75) is 33.0 Å². The first-order chi connectivity index (χ1) is 12.8. The Morgan fingerprint density at radius 1 is 1.33 bits per heavy atom. The molecule has 2 aromatic rings. The first kappa shape index (κ1) is 19.9. The van der Waals surface area contributed by atoms with Crippen molar-refractivity contribution >= 4 is 38.9 Å². The van der Waals surface area contributed by atoms with Crippen LogP contribution in [-0.4, -0.2) is 52.4 Å². The highest BCUT2D eigenvalue weighted by Gasteiger charge is 2.24. The minimum absolute atomic E-state index is 0.179. The Kier molecular flexibility index (Phi) is 5.92. The molecule has 1 N–H and O–H groups in total. The Morgan fingerprint density at radius 3 is 2.67 bits per heavy atom. The molecule has 1 fully saturated rings. The zero-order valence-corrected chi connectivity index (χ0v) is 16.6. The normalized spacial score (nSPS) is 14.6. The summed E-state index contributed by atoms with van der Waals surface area (Å²) >= 11 is 6.58. The summed E-state index contributed by atoms with van der Waals surface area (Å²) in [6.07, 6.45) is -2.80. The van der Waals surface area contributed by atoms with Crippen LogP contribution in [0, 0.1) is 6.92 Å². The Balaban J connectivity index is 2.18. The maximum Gasteiger partial charge on any atom is 0.332 e. The van der Waals surface area contributed by atoms with Gasteiger partial charge in [-0.05, 0) is 24.7 Å². The van der Waals surface area contributed by atoms with Crippen LogP contribution in [0.5, 0.6) is 0 Å². The molecule has 0 atom stereocenters. The third-order valence-corrected chi connectivity index (χ3v) is 6.21. The predicted molar refractivity (Wildman–Crippen MR) is 104 cm³/mol. The molecule has 0 aromatic carbocycles. The van der Waals surface area contributed by atoms with Crippen molar-refractivity contribution in [3.8, 4) is 0 Å². The summed E-state index contributed by atoms with van der Waals surface area (Å²) in [5, 5.41) is 4.02. The molecular formula is C16H20F2N4O3S2. The highest BCUT2D eigenvalue weighted by molar-refractivity contribution is 7.80. The number of nitrogens with one attached hydrogen (secondary N) is 1. The number of halogens is 2. The zero-order chi connectivity index (χ0) is 19.7. The summed E-state index contributed by atoms with van der Waals surface area (Å²) in [7, 11) is 1.49. The van der Waals surface area contributed by atoms with E-state index in [1.54, 1.807) is 6.92 Å². The summed E-state index contributed by atoms with van der Waals surface area (Å²) < 4.78 is 32.9. The van der Waals surface area contributed by atoms with Crippen LogP contribution in [0.4, 0.5) is 8.78 Å². The van der Waals surface area contributed by atoms with Gasteiger partial charge in [0.05, 0.1) is 31.6 Å². The molecular weight excluding hydrogens is 398 g/mol. The summed E-state index contributed by atoms with van der Waals surface area (Å²) in [6, 6.07) is 0. The van der Waals surface area contributed by atoms with Gasteiger partial charge in [-0.3, -0.25) is 13.9 Å². The highest BCUT2D eigenvalue weighted by Crippen LogP contribution is 2.29. The maximum absolute atomic E-state index is 12.9. The Bertz CT molecular complexity index is 983. The van der Waals surface area contributed by atoms with E-state index in [2.05, 4.69) is 5.32 Å². The molecule has 1 aliphatic rings. The van der Waals surface area contributed by atoms with E-state index in [0.717, 1.165) is 18.0 Å². The van der Waals surface area contributed by atoms with Gasteiger partial charge < -0.3 is 15.0 Å². The lowest BCUT2D eigenvalue weighted by atomic mass is 10.2. The van der Waals surface area contributed by atoms with Crippen molar-refractivity contribution in [2.75, 3.05) is 26.8 Å². The number of thiocarbonyl (C=S) groups is 1. The van der Waals surface area contributed by atoms with E-state index < -0.39 is 24.2 Å². The number of ether oxygens (including phenoxy) is 1. The lowest BCUT2D eigenvalue weighted by Gasteiger charge is -2.15. The molecule has 7 nitrogen and oxygen atoms in total. The van der Waals surface area contributed by atoms with Crippen LogP contribution in [0.3, 0.4) is 0 Å². The van der Waals surface area contributed by atoms with Gasteiger partial charge in [0.15, 0.2) is 5.11 Å². The standard InChI is InChI=1S/C16H20F2N4O3S2/c1-9-10(7-20-4-3-19-15(20)26)27-14-12(9)13(23)22(8-11(17)18)16(24)21(14)5-6-25-2/h11H,3-8H2,1-2H3,(H,19,26). The quantitative estimate of drug-likeness (QED) is 0.680. The van der Waals surface area contributed by atoms with E-state index in [1.807, 2.05) is 4.90 Å². The second-order valence-corrected chi connectivity index (χ2v) is 7.69. The van der Waals surface area contributed by atoms with Crippen molar-refractivity contribution < 1.29 is 13.5 Å². The van der Waals surface area contributed by atoms with Crippen LogP contribution in [0.15, 0.2) is 9.59 Å². The maximum atomic E-state index is 12.9. The van der Waals surface area contributed by atoms with Gasteiger partial charge in [-0.2, -0.15) is 0 Å². The molecule has 2 aromatic heterocycles. The van der Waals surface area contributed by atoms with E-state index in [4.69, 9.17) is 17.0 Å². The van der Waals surface area contributed by atoms with Gasteiger partial charge >= 0.3 is 5.69 Å². The number of hydrogen-bond acceptors (Lipinski definition) is 5. The molecule has 0 radical (unpaired) electrons. The monoisotopic (exact) mass is 418 g/mol. The molecule has 0 bridgehead atoms. The summed E-state index contributed by atoms with van der Waals surface area (Å²) in [5.74, 6) is 0. The van der Waals surface area contributed by atoms with Crippen molar-refractivity contribution in [3.05, 3.63) is 31.3 Å². The fraction of sp³-hybridized carbons (Fsp3) is 0.562. The van der Waals surface area contributed by atoms with E-state index in [9.17, 15) is 18.4 Å². The molecule has 3 rings (SSSR count). The van der Waals surface area contributed by atoms with Crippen LogP contribution in [-0.2, 0) is 24.4 Å². The van der Waals surface area contributed by atoms with Crippen LogP contribution < -0.4 is 16.6 Å². The molecule has 148 valence electrons. The van der Waals surface area contributed by atoms with Gasteiger partial charge in [0.1, 0.15) is 4.83 Å². The Labute approximate surface area is 163 Å². The predicted octanol–water partition coefficient (Wildman–Crippen LogP) is 1.13. The van der Waals surface area contributed by atoms with Gasteiger partial charge in [0.2, 0.25) is 0 Å². The zero-order valence-electron chi connectivity index (χ0n) is 15.0. The largest absolute Gasteiger partial charge is 0.383 e. The Morgan fingerprint density at radius 2 is 2.07 bits per heavy atom. The van der Waals surface area contributed by atoms with E-state index in [0.29, 0.717) is 32.0 Å². The smallest absolute Gasteiger partial charge is 0.332 e. The molecule has 0 unspecified atom stereocenters. The second-order valence-electron chi connectivity index (χ2n) is 6.22. The van der Waals surface area contributed by atoms with Crippen LogP contribution in [0.1, 0.15) is 10.4 Å². The molecule has 0 aliphatic carbocycles. The molecule has 0 amide bonds. The van der Waals surface area contributed by atoms with Crippen molar-refractivity contribution in [1.29, 1.82) is 0 Å². The third-order valence-electron chi connectivity index (χ3n) is 4.51. The van der Waals surface area contributed by atoms with Crippen LogP contribution >= 0.6 is 23.6 Å². The van der Waals surface area contributed by atoms with Gasteiger partial charge in [-0.15, -0.1) is 11.3 Å². The molecule has 11 heteroatoms. The van der Waals surface area contributed by atoms with Crippen LogP contribution in [0.2, 0.25) is 0 Å². The lowest BCUT2D eigenvalue weighted by molar-refractivity contribution is 0.122. The highest BCUT2D eigenvalue weighted by atomic mass is 32.1. The number of hydrogen-bond donors (Lipinski definition) is 1. The van der Waals surface area contributed by atoms with Gasteiger partial charge in [-0.25, -0.2) is 13.6 Å². The number of thiophene rings is 1. The topological polar surface area (TPSA) is 68.5 Å². The number of aromatic nitrogens is 2. The van der Waals surface area contributed by atoms with E-state index in [-0.39, 0.29) is 13.2 Å². The molecule has 1 aliphatic heterocycles. The first-order valence-corrected chi connectivity index (χ1v) is 9.63. The summed E-state index contributed by atoms with van der Waals surface area (Å²) in [6.45, 7) is 3.27. The fourth-order valence-corrected chi connectivity index (χ4v) is 4.69. The van der Waals surface area contributed by atoms with E-state index in [1.165, 1.54) is 23.0 Å². The number of fused-ring (bicyclic) bond motifs is 1. The lowest BCUT2D eigenvalue weighted by Crippen LogP contribution is -2.41. The third kappa shape index (κ3) is 3.76. The van der Waals surface area contributed by atoms with Gasteiger partial charge in [0, 0.05) is 25.1 Å².